The van der Waals surface area contributed by atoms with Gasteiger partial charge < -0.3 is 10.0 Å². The van der Waals surface area contributed by atoms with E-state index in [9.17, 15) is 0 Å². The molecule has 0 bridgehead atoms. The highest BCUT2D eigenvalue weighted by Crippen LogP contribution is 2.10. The van der Waals surface area contributed by atoms with Crippen LogP contribution < -0.4 is 0 Å². The molecule has 0 atom stereocenters. The van der Waals surface area contributed by atoms with Crippen LogP contribution in [0.25, 0.3) is 0 Å². The lowest BCUT2D eigenvalue weighted by Crippen LogP contribution is -2.10. The first-order chi connectivity index (χ1) is 5.22. The highest BCUT2D eigenvalue weighted by atomic mass is 32.1. The molecule has 0 aliphatic carbocycles. The van der Waals surface area contributed by atoms with E-state index in [1.165, 1.54) is 11.3 Å². The number of hydrogen-bond donors (Lipinski definition) is 1. The summed E-state index contributed by atoms with van der Waals surface area (Å²) in [6, 6.07) is 0. The van der Waals surface area contributed by atoms with Crippen LogP contribution in [0.15, 0.2) is 5.38 Å². The molecule has 11 heavy (non-hydrogen) atoms. The maximum Gasteiger partial charge on any atom is 0.118 e. The Kier molecular flexibility index (Phi) is 2.99. The lowest BCUT2D eigenvalue weighted by atomic mass is 10.5. The first kappa shape index (κ1) is 8.64. The van der Waals surface area contributed by atoms with Crippen molar-refractivity contribution in [3.8, 4) is 0 Å². The highest BCUT2D eigenvalue weighted by molar-refractivity contribution is 7.09. The third-order valence-electron chi connectivity index (χ3n) is 1.21. The second-order valence-corrected chi connectivity index (χ2v) is 3.57. The first-order valence-corrected chi connectivity index (χ1v) is 4.29. The van der Waals surface area contributed by atoms with Gasteiger partial charge in [-0.2, -0.15) is 0 Å². The number of thiazole rings is 1. The van der Waals surface area contributed by atoms with Crippen molar-refractivity contribution in [2.45, 2.75) is 13.2 Å². The van der Waals surface area contributed by atoms with Gasteiger partial charge in [0.25, 0.3) is 0 Å². The van der Waals surface area contributed by atoms with E-state index in [0.717, 1.165) is 17.2 Å². The molecule has 0 aliphatic heterocycles. The summed E-state index contributed by atoms with van der Waals surface area (Å²) in [7, 11) is 4.00. The standard InChI is InChI=1S/C7H12N2OS/c1-9(2)3-6-5-11-7(4-10)8-6/h5,10H,3-4H2,1-2H3. The number of hydrogen-bond acceptors (Lipinski definition) is 4. The van der Waals surface area contributed by atoms with Crippen LogP contribution in [0.3, 0.4) is 0 Å². The summed E-state index contributed by atoms with van der Waals surface area (Å²) in [5.41, 5.74) is 1.03. The summed E-state index contributed by atoms with van der Waals surface area (Å²) >= 11 is 1.50. The molecule has 0 radical (unpaired) electrons. The smallest absolute Gasteiger partial charge is 0.118 e. The van der Waals surface area contributed by atoms with Gasteiger partial charge in [-0.15, -0.1) is 11.3 Å². The van der Waals surface area contributed by atoms with Crippen molar-refractivity contribution in [2.24, 2.45) is 0 Å². The Hall–Kier alpha value is -0.450. The number of aliphatic hydroxyl groups is 1. The fourth-order valence-electron chi connectivity index (χ4n) is 0.818. The monoisotopic (exact) mass is 172 g/mol. The van der Waals surface area contributed by atoms with E-state index in [1.807, 2.05) is 19.5 Å². The van der Waals surface area contributed by atoms with Crippen molar-refractivity contribution in [3.05, 3.63) is 16.1 Å². The number of aromatic nitrogens is 1. The lowest BCUT2D eigenvalue weighted by molar-refractivity contribution is 0.280. The molecule has 0 aliphatic rings. The Morgan fingerprint density at radius 3 is 2.82 bits per heavy atom. The lowest BCUT2D eigenvalue weighted by Gasteiger charge is -2.05. The third kappa shape index (κ3) is 2.57. The minimum atomic E-state index is 0.0537. The molecule has 1 N–H and O–H groups in total. The van der Waals surface area contributed by atoms with Crippen LogP contribution in [0, 0.1) is 0 Å². The topological polar surface area (TPSA) is 36.4 Å². The van der Waals surface area contributed by atoms with Crippen molar-refractivity contribution >= 4 is 11.3 Å². The summed E-state index contributed by atoms with van der Waals surface area (Å²) in [5, 5.41) is 11.5. The van der Waals surface area contributed by atoms with Crippen LogP contribution in [0.4, 0.5) is 0 Å². The van der Waals surface area contributed by atoms with Crippen LogP contribution in [0.5, 0.6) is 0 Å². The Labute approximate surface area is 70.3 Å². The predicted molar refractivity (Wildman–Crippen MR) is 45.4 cm³/mol. The molecule has 1 rings (SSSR count). The molecule has 0 aromatic carbocycles. The molecule has 62 valence electrons. The van der Waals surface area contributed by atoms with E-state index in [4.69, 9.17) is 5.11 Å². The third-order valence-corrected chi connectivity index (χ3v) is 2.10. The van der Waals surface area contributed by atoms with Gasteiger partial charge >= 0.3 is 0 Å². The average molecular weight is 172 g/mol. The summed E-state index contributed by atoms with van der Waals surface area (Å²) < 4.78 is 0. The number of nitrogens with zero attached hydrogens (tertiary/aromatic N) is 2. The maximum atomic E-state index is 8.72. The van der Waals surface area contributed by atoms with E-state index in [-0.39, 0.29) is 6.61 Å². The van der Waals surface area contributed by atoms with E-state index in [1.54, 1.807) is 0 Å². The Balaban J connectivity index is 2.58. The normalized spacial score (nSPS) is 10.9. The summed E-state index contributed by atoms with van der Waals surface area (Å²) in [5.74, 6) is 0. The summed E-state index contributed by atoms with van der Waals surface area (Å²) in [6.45, 7) is 0.897. The van der Waals surface area contributed by atoms with Crippen molar-refractivity contribution in [1.82, 2.24) is 9.88 Å². The Morgan fingerprint density at radius 2 is 2.36 bits per heavy atom. The zero-order chi connectivity index (χ0) is 8.27. The second-order valence-electron chi connectivity index (χ2n) is 2.63. The quantitative estimate of drug-likeness (QED) is 0.729. The van der Waals surface area contributed by atoms with Gasteiger partial charge in [-0.3, -0.25) is 0 Å². The van der Waals surface area contributed by atoms with Gasteiger partial charge in [-0.05, 0) is 14.1 Å². The van der Waals surface area contributed by atoms with Crippen LogP contribution in [-0.2, 0) is 13.2 Å². The SMILES string of the molecule is CN(C)Cc1csc(CO)n1. The molecule has 1 aromatic rings. The Morgan fingerprint density at radius 1 is 1.64 bits per heavy atom. The molecule has 1 heterocycles. The number of aliphatic hydroxyl groups excluding tert-OH is 1. The second kappa shape index (κ2) is 3.80. The zero-order valence-corrected chi connectivity index (χ0v) is 7.56. The fourth-order valence-corrected chi connectivity index (χ4v) is 1.46. The molecule has 3 nitrogen and oxygen atoms in total. The van der Waals surface area contributed by atoms with Crippen LogP contribution in [-0.4, -0.2) is 29.1 Å². The maximum absolute atomic E-state index is 8.72. The highest BCUT2D eigenvalue weighted by Gasteiger charge is 2.00. The molecule has 0 unspecified atom stereocenters. The fraction of sp³-hybridized carbons (Fsp3) is 0.571. The summed E-state index contributed by atoms with van der Waals surface area (Å²) in [4.78, 5) is 6.25. The van der Waals surface area contributed by atoms with Gasteiger partial charge in [-0.1, -0.05) is 0 Å². The van der Waals surface area contributed by atoms with Gasteiger partial charge in [0, 0.05) is 11.9 Å². The van der Waals surface area contributed by atoms with Crippen molar-refractivity contribution in [1.29, 1.82) is 0 Å². The van der Waals surface area contributed by atoms with Gasteiger partial charge in [-0.25, -0.2) is 4.98 Å². The average Bonchev–Trinajstić information content (AvgIpc) is 2.34. The molecule has 0 saturated heterocycles. The molecule has 4 heteroatoms. The molecular weight excluding hydrogens is 160 g/mol. The number of rotatable bonds is 3. The van der Waals surface area contributed by atoms with Crippen molar-refractivity contribution in [2.75, 3.05) is 14.1 Å². The molecular formula is C7H12N2OS. The van der Waals surface area contributed by atoms with Crippen molar-refractivity contribution in [3.63, 3.8) is 0 Å². The molecule has 0 fully saturated rings. The van der Waals surface area contributed by atoms with Gasteiger partial charge in [0.05, 0.1) is 12.3 Å². The molecule has 1 aromatic heterocycles. The van der Waals surface area contributed by atoms with Crippen LogP contribution in [0.2, 0.25) is 0 Å². The predicted octanol–water partition coefficient (Wildman–Crippen LogP) is 0.697. The minimum absolute atomic E-state index is 0.0537. The zero-order valence-electron chi connectivity index (χ0n) is 6.74. The van der Waals surface area contributed by atoms with Crippen LogP contribution >= 0.6 is 11.3 Å². The largest absolute Gasteiger partial charge is 0.389 e. The van der Waals surface area contributed by atoms with E-state index in [2.05, 4.69) is 9.88 Å². The van der Waals surface area contributed by atoms with Gasteiger partial charge in [0.1, 0.15) is 5.01 Å². The van der Waals surface area contributed by atoms with Gasteiger partial charge in [0.2, 0.25) is 0 Å². The van der Waals surface area contributed by atoms with Crippen LogP contribution in [0.1, 0.15) is 10.7 Å². The van der Waals surface area contributed by atoms with E-state index < -0.39 is 0 Å². The summed E-state index contributed by atoms with van der Waals surface area (Å²) in [6.07, 6.45) is 0. The molecule has 0 spiro atoms. The van der Waals surface area contributed by atoms with Crippen molar-refractivity contribution < 1.29 is 5.11 Å². The van der Waals surface area contributed by atoms with Gasteiger partial charge in [0.15, 0.2) is 0 Å². The Bertz CT molecular complexity index is 222. The van der Waals surface area contributed by atoms with E-state index in [0.29, 0.717) is 0 Å². The minimum Gasteiger partial charge on any atom is -0.389 e. The molecule has 0 amide bonds. The van der Waals surface area contributed by atoms with E-state index >= 15 is 0 Å². The first-order valence-electron chi connectivity index (χ1n) is 3.41. The molecule has 0 saturated carbocycles.